The molecule has 0 heterocycles. The zero-order valence-electron chi connectivity index (χ0n) is 17.0. The van der Waals surface area contributed by atoms with E-state index < -0.39 is 6.04 Å². The Morgan fingerprint density at radius 2 is 1.90 bits per heavy atom. The molecule has 2 aromatic rings. The van der Waals surface area contributed by atoms with Crippen LogP contribution in [-0.4, -0.2) is 42.2 Å². The predicted molar refractivity (Wildman–Crippen MR) is 114 cm³/mol. The predicted octanol–water partition coefficient (Wildman–Crippen LogP) is 3.62. The Bertz CT molecular complexity index is 814. The number of carbonyl (C=O) groups excluding carboxylic acids is 2. The van der Waals surface area contributed by atoms with Gasteiger partial charge < -0.3 is 15.0 Å². The zero-order valence-corrected chi connectivity index (χ0v) is 17.8. The molecule has 0 aliphatic rings. The number of nitrogens with one attached hydrogen (secondary N) is 1. The van der Waals surface area contributed by atoms with E-state index in [1.807, 2.05) is 31.2 Å². The monoisotopic (exact) mass is 418 g/mol. The van der Waals surface area contributed by atoms with E-state index in [4.69, 9.17) is 4.74 Å². The van der Waals surface area contributed by atoms with Gasteiger partial charge in [-0.3, -0.25) is 9.59 Å². The first-order chi connectivity index (χ1) is 13.9. The summed E-state index contributed by atoms with van der Waals surface area (Å²) in [5.41, 5.74) is 1.83. The van der Waals surface area contributed by atoms with E-state index >= 15 is 0 Å². The second-order valence-corrected chi connectivity index (χ2v) is 7.55. The summed E-state index contributed by atoms with van der Waals surface area (Å²) in [6.07, 6.45) is 0. The lowest BCUT2D eigenvalue weighted by atomic mass is 10.1. The van der Waals surface area contributed by atoms with Crippen LogP contribution in [0, 0.1) is 5.82 Å². The largest absolute Gasteiger partial charge is 0.497 e. The summed E-state index contributed by atoms with van der Waals surface area (Å²) in [7, 11) is 1.59. The van der Waals surface area contributed by atoms with Crippen molar-refractivity contribution in [2.45, 2.75) is 32.2 Å². The number of likely N-dealkylation sites (N-methyl/N-ethyl adjacent to an activating group) is 1. The van der Waals surface area contributed by atoms with Crippen LogP contribution in [0.3, 0.4) is 0 Å². The maximum atomic E-state index is 13.0. The van der Waals surface area contributed by atoms with Crippen LogP contribution in [0.15, 0.2) is 48.5 Å². The minimum atomic E-state index is -0.597. The molecule has 0 radical (unpaired) electrons. The highest BCUT2D eigenvalue weighted by molar-refractivity contribution is 7.99. The fourth-order valence-corrected chi connectivity index (χ4v) is 3.66. The van der Waals surface area contributed by atoms with Crippen molar-refractivity contribution in [2.24, 2.45) is 0 Å². The van der Waals surface area contributed by atoms with Crippen LogP contribution in [0.5, 0.6) is 5.75 Å². The number of halogens is 1. The molecule has 1 atom stereocenters. The molecule has 0 saturated carbocycles. The molecule has 0 aromatic heterocycles. The van der Waals surface area contributed by atoms with Crippen molar-refractivity contribution < 1.29 is 18.7 Å². The number of benzene rings is 2. The molecule has 0 aliphatic heterocycles. The van der Waals surface area contributed by atoms with Gasteiger partial charge in [-0.05, 0) is 49.2 Å². The number of thioether (sulfide) groups is 1. The number of hydrogen-bond donors (Lipinski definition) is 1. The Hall–Kier alpha value is -2.54. The molecule has 0 unspecified atom stereocenters. The molecule has 0 spiro atoms. The van der Waals surface area contributed by atoms with Gasteiger partial charge in [0.15, 0.2) is 0 Å². The van der Waals surface area contributed by atoms with Gasteiger partial charge in [-0.1, -0.05) is 24.3 Å². The van der Waals surface area contributed by atoms with Gasteiger partial charge in [0.1, 0.15) is 17.6 Å². The lowest BCUT2D eigenvalue weighted by molar-refractivity contribution is -0.138. The summed E-state index contributed by atoms with van der Waals surface area (Å²) < 4.78 is 18.3. The summed E-state index contributed by atoms with van der Waals surface area (Å²) in [5, 5.41) is 2.78. The van der Waals surface area contributed by atoms with E-state index in [1.165, 1.54) is 23.9 Å². The van der Waals surface area contributed by atoms with Crippen molar-refractivity contribution >= 4 is 23.6 Å². The third-order valence-corrected chi connectivity index (χ3v) is 5.40. The Balaban J connectivity index is 2.06. The SMILES string of the molecule is CCNC(=O)[C@@H](C)N(Cc1cccc(OC)c1)C(=O)CSCc1ccc(F)cc1. The van der Waals surface area contributed by atoms with E-state index in [2.05, 4.69) is 5.32 Å². The molecule has 0 aliphatic carbocycles. The molecule has 1 N–H and O–H groups in total. The number of hydrogen-bond acceptors (Lipinski definition) is 4. The first-order valence-electron chi connectivity index (χ1n) is 9.47. The number of amides is 2. The Kier molecular flexibility index (Phi) is 8.99. The van der Waals surface area contributed by atoms with Crippen molar-refractivity contribution in [2.75, 3.05) is 19.4 Å². The average molecular weight is 419 g/mol. The highest BCUT2D eigenvalue weighted by Crippen LogP contribution is 2.18. The van der Waals surface area contributed by atoms with Crippen LogP contribution < -0.4 is 10.1 Å². The standard InChI is InChI=1S/C22H27FN2O3S/c1-4-24-22(27)16(2)25(13-18-6-5-7-20(12-18)28-3)21(26)15-29-14-17-8-10-19(23)11-9-17/h5-12,16H,4,13-15H2,1-3H3,(H,24,27)/t16-/m1/s1. The second-order valence-electron chi connectivity index (χ2n) is 6.56. The maximum absolute atomic E-state index is 13.0. The van der Waals surface area contributed by atoms with Crippen molar-refractivity contribution in [3.8, 4) is 5.75 Å². The first-order valence-corrected chi connectivity index (χ1v) is 10.6. The van der Waals surface area contributed by atoms with Gasteiger partial charge in [-0.15, -0.1) is 11.8 Å². The minimum Gasteiger partial charge on any atom is -0.497 e. The second kappa shape index (κ2) is 11.5. The number of ether oxygens (including phenoxy) is 1. The minimum absolute atomic E-state index is 0.126. The topological polar surface area (TPSA) is 58.6 Å². The van der Waals surface area contributed by atoms with Gasteiger partial charge in [-0.2, -0.15) is 0 Å². The van der Waals surface area contributed by atoms with Crippen LogP contribution in [0.1, 0.15) is 25.0 Å². The van der Waals surface area contributed by atoms with Gasteiger partial charge in [0.25, 0.3) is 0 Å². The molecule has 2 rings (SSSR count). The molecule has 29 heavy (non-hydrogen) atoms. The smallest absolute Gasteiger partial charge is 0.242 e. The fourth-order valence-electron chi connectivity index (χ4n) is 2.79. The van der Waals surface area contributed by atoms with Gasteiger partial charge in [0.05, 0.1) is 12.9 Å². The van der Waals surface area contributed by atoms with Gasteiger partial charge in [0.2, 0.25) is 11.8 Å². The molecular weight excluding hydrogens is 391 g/mol. The Morgan fingerprint density at radius 1 is 1.17 bits per heavy atom. The normalized spacial score (nSPS) is 11.6. The fraction of sp³-hybridized carbons (Fsp3) is 0.364. The van der Waals surface area contributed by atoms with Crippen LogP contribution in [0.4, 0.5) is 4.39 Å². The summed E-state index contributed by atoms with van der Waals surface area (Å²) in [6.45, 7) is 4.39. The number of rotatable bonds is 10. The average Bonchev–Trinajstić information content (AvgIpc) is 2.73. The summed E-state index contributed by atoms with van der Waals surface area (Å²) >= 11 is 1.44. The van der Waals surface area contributed by atoms with Crippen molar-refractivity contribution in [1.82, 2.24) is 10.2 Å². The molecular formula is C22H27FN2O3S. The first kappa shape index (κ1) is 22.7. The van der Waals surface area contributed by atoms with Crippen LogP contribution >= 0.6 is 11.8 Å². The Morgan fingerprint density at radius 3 is 2.55 bits per heavy atom. The van der Waals surface area contributed by atoms with E-state index in [-0.39, 0.29) is 23.4 Å². The van der Waals surface area contributed by atoms with E-state index in [9.17, 15) is 14.0 Å². The Labute approximate surface area is 175 Å². The summed E-state index contributed by atoms with van der Waals surface area (Å²) in [6, 6.07) is 13.1. The van der Waals surface area contributed by atoms with Crippen molar-refractivity contribution in [3.05, 3.63) is 65.5 Å². The van der Waals surface area contributed by atoms with E-state index in [1.54, 1.807) is 31.1 Å². The molecule has 2 aromatic carbocycles. The number of nitrogens with zero attached hydrogens (tertiary/aromatic N) is 1. The van der Waals surface area contributed by atoms with Crippen LogP contribution in [-0.2, 0) is 21.9 Å². The maximum Gasteiger partial charge on any atom is 0.242 e. The third kappa shape index (κ3) is 7.09. The van der Waals surface area contributed by atoms with E-state index in [0.717, 1.165) is 11.1 Å². The zero-order chi connectivity index (χ0) is 21.2. The molecule has 2 amide bonds. The van der Waals surface area contributed by atoms with Gasteiger partial charge in [0, 0.05) is 18.8 Å². The molecule has 0 saturated heterocycles. The van der Waals surface area contributed by atoms with E-state index in [0.29, 0.717) is 24.6 Å². The van der Waals surface area contributed by atoms with Crippen LogP contribution in [0.25, 0.3) is 0 Å². The van der Waals surface area contributed by atoms with Crippen LogP contribution in [0.2, 0.25) is 0 Å². The molecule has 0 bridgehead atoms. The highest BCUT2D eigenvalue weighted by Gasteiger charge is 2.25. The molecule has 7 heteroatoms. The third-order valence-electron chi connectivity index (χ3n) is 4.41. The quantitative estimate of drug-likeness (QED) is 0.640. The highest BCUT2D eigenvalue weighted by atomic mass is 32.2. The lowest BCUT2D eigenvalue weighted by Gasteiger charge is -2.28. The molecule has 156 valence electrons. The number of carbonyl (C=O) groups is 2. The molecule has 0 fully saturated rings. The van der Waals surface area contributed by atoms with Crippen molar-refractivity contribution in [1.29, 1.82) is 0 Å². The van der Waals surface area contributed by atoms with Crippen molar-refractivity contribution in [3.63, 3.8) is 0 Å². The number of methoxy groups -OCH3 is 1. The molecule has 5 nitrogen and oxygen atoms in total. The summed E-state index contributed by atoms with van der Waals surface area (Å²) in [4.78, 5) is 26.9. The van der Waals surface area contributed by atoms with Gasteiger partial charge in [-0.25, -0.2) is 4.39 Å². The lowest BCUT2D eigenvalue weighted by Crippen LogP contribution is -2.48. The van der Waals surface area contributed by atoms with Gasteiger partial charge >= 0.3 is 0 Å². The summed E-state index contributed by atoms with van der Waals surface area (Å²) in [5.74, 6) is 0.923.